The molecule has 0 bridgehead atoms. The van der Waals surface area contributed by atoms with Crippen molar-refractivity contribution in [3.63, 3.8) is 0 Å². The van der Waals surface area contributed by atoms with Gasteiger partial charge in [-0.25, -0.2) is 0 Å². The summed E-state index contributed by atoms with van der Waals surface area (Å²) < 4.78 is 0. The zero-order valence-electron chi connectivity index (χ0n) is 8.16. The van der Waals surface area contributed by atoms with Crippen LogP contribution in [-0.4, -0.2) is 17.6 Å². The van der Waals surface area contributed by atoms with Crippen LogP contribution in [0.3, 0.4) is 0 Å². The highest BCUT2D eigenvalue weighted by Gasteiger charge is 2.45. The summed E-state index contributed by atoms with van der Waals surface area (Å²) >= 11 is 5.89. The molecule has 2 N–H and O–H groups in total. The molecule has 1 amide bonds. The van der Waals surface area contributed by atoms with Crippen molar-refractivity contribution in [2.24, 2.45) is 0 Å². The van der Waals surface area contributed by atoms with E-state index < -0.39 is 6.61 Å². The van der Waals surface area contributed by atoms with E-state index in [9.17, 15) is 4.79 Å². The number of amides is 1. The highest BCUT2D eigenvalue weighted by atomic mass is 35.5. The maximum absolute atomic E-state index is 11.1. The van der Waals surface area contributed by atoms with Crippen molar-refractivity contribution >= 4 is 17.5 Å². The molecule has 0 unspecified atom stereocenters. The molecule has 0 spiro atoms. The predicted molar refractivity (Wildman–Crippen MR) is 57.6 cm³/mol. The summed E-state index contributed by atoms with van der Waals surface area (Å²) in [7, 11) is 0. The molecule has 1 aromatic carbocycles. The summed E-state index contributed by atoms with van der Waals surface area (Å²) in [6.45, 7) is -0.470. The van der Waals surface area contributed by atoms with Gasteiger partial charge in [0.15, 0.2) is 0 Å². The molecule has 0 saturated heterocycles. The second kappa shape index (κ2) is 3.83. The summed E-state index contributed by atoms with van der Waals surface area (Å²) in [6, 6.07) is 7.46. The Morgan fingerprint density at radius 1 is 1.53 bits per heavy atom. The van der Waals surface area contributed by atoms with Gasteiger partial charge in [0.1, 0.15) is 6.61 Å². The molecule has 15 heavy (non-hydrogen) atoms. The molecule has 3 nitrogen and oxygen atoms in total. The highest BCUT2D eigenvalue weighted by molar-refractivity contribution is 6.30. The normalized spacial score (nSPS) is 17.2. The minimum Gasteiger partial charge on any atom is -0.387 e. The molecular formula is C11H12ClNO2. The fourth-order valence-electron chi connectivity index (χ4n) is 1.70. The number of halogens is 1. The fraction of sp³-hybridized carbons (Fsp3) is 0.364. The van der Waals surface area contributed by atoms with Crippen molar-refractivity contribution in [3.05, 3.63) is 34.9 Å². The van der Waals surface area contributed by atoms with Gasteiger partial charge in [-0.05, 0) is 30.5 Å². The summed E-state index contributed by atoms with van der Waals surface area (Å²) in [5.74, 6) is -0.340. The molecule has 0 heterocycles. The first-order valence-corrected chi connectivity index (χ1v) is 5.22. The largest absolute Gasteiger partial charge is 0.387 e. The number of rotatable bonds is 3. The lowest BCUT2D eigenvalue weighted by Gasteiger charge is -2.17. The Labute approximate surface area is 93.1 Å². The van der Waals surface area contributed by atoms with Crippen molar-refractivity contribution in [1.29, 1.82) is 0 Å². The van der Waals surface area contributed by atoms with Gasteiger partial charge in [0.25, 0.3) is 0 Å². The van der Waals surface area contributed by atoms with Crippen LogP contribution in [0.25, 0.3) is 0 Å². The van der Waals surface area contributed by atoms with Gasteiger partial charge >= 0.3 is 0 Å². The summed E-state index contributed by atoms with van der Waals surface area (Å²) in [5, 5.41) is 12.2. The van der Waals surface area contributed by atoms with Crippen molar-refractivity contribution in [1.82, 2.24) is 5.32 Å². The molecule has 1 fully saturated rings. The molecule has 0 aromatic heterocycles. The van der Waals surface area contributed by atoms with Gasteiger partial charge in [-0.2, -0.15) is 0 Å². The van der Waals surface area contributed by atoms with E-state index in [1.807, 2.05) is 18.2 Å². The Balaban J connectivity index is 2.19. The Morgan fingerprint density at radius 3 is 2.80 bits per heavy atom. The number of hydrogen-bond donors (Lipinski definition) is 2. The maximum Gasteiger partial charge on any atom is 0.246 e. The van der Waals surface area contributed by atoms with E-state index in [0.717, 1.165) is 18.4 Å². The first-order valence-electron chi connectivity index (χ1n) is 4.84. The lowest BCUT2D eigenvalue weighted by atomic mass is 10.1. The van der Waals surface area contributed by atoms with E-state index >= 15 is 0 Å². The minimum absolute atomic E-state index is 0.287. The van der Waals surface area contributed by atoms with E-state index in [4.69, 9.17) is 16.7 Å². The highest BCUT2D eigenvalue weighted by Crippen LogP contribution is 2.45. The number of carbonyl (C=O) groups excluding carboxylic acids is 1. The average molecular weight is 226 g/mol. The Kier molecular flexibility index (Phi) is 2.67. The second-order valence-electron chi connectivity index (χ2n) is 3.80. The fourth-order valence-corrected chi connectivity index (χ4v) is 1.89. The monoisotopic (exact) mass is 225 g/mol. The third-order valence-electron chi connectivity index (χ3n) is 2.65. The third kappa shape index (κ3) is 2.13. The van der Waals surface area contributed by atoms with Crippen LogP contribution >= 0.6 is 11.6 Å². The molecule has 0 radical (unpaired) electrons. The van der Waals surface area contributed by atoms with Crippen molar-refractivity contribution in [2.45, 2.75) is 18.4 Å². The molecule has 0 atom stereocenters. The molecule has 80 valence electrons. The molecule has 1 aromatic rings. The van der Waals surface area contributed by atoms with Crippen molar-refractivity contribution < 1.29 is 9.90 Å². The molecule has 1 saturated carbocycles. The molecule has 4 heteroatoms. The van der Waals surface area contributed by atoms with Crippen LogP contribution in [0.2, 0.25) is 5.02 Å². The minimum atomic E-state index is -0.470. The van der Waals surface area contributed by atoms with Gasteiger partial charge in [0, 0.05) is 5.02 Å². The lowest BCUT2D eigenvalue weighted by molar-refractivity contribution is -0.124. The number of benzene rings is 1. The standard InChI is InChI=1S/C11H12ClNO2/c12-9-3-1-2-8(6-9)11(4-5-11)13-10(15)7-14/h1-3,6,14H,4-5,7H2,(H,13,15). The number of nitrogens with one attached hydrogen (secondary N) is 1. The van der Waals surface area contributed by atoms with Gasteiger partial charge in [-0.3, -0.25) is 4.79 Å². The second-order valence-corrected chi connectivity index (χ2v) is 4.24. The summed E-state index contributed by atoms with van der Waals surface area (Å²) in [5.41, 5.74) is 0.724. The number of aliphatic hydroxyl groups is 1. The SMILES string of the molecule is O=C(CO)NC1(c2cccc(Cl)c2)CC1. The zero-order valence-corrected chi connectivity index (χ0v) is 8.92. The van der Waals surface area contributed by atoms with Gasteiger partial charge < -0.3 is 10.4 Å². The van der Waals surface area contributed by atoms with Gasteiger partial charge in [0.2, 0.25) is 5.91 Å². The van der Waals surface area contributed by atoms with Crippen molar-refractivity contribution in [2.75, 3.05) is 6.61 Å². The zero-order chi connectivity index (χ0) is 10.9. The molecule has 0 aliphatic heterocycles. The van der Waals surface area contributed by atoms with Gasteiger partial charge in [-0.1, -0.05) is 23.7 Å². The van der Waals surface area contributed by atoms with Gasteiger partial charge in [0.05, 0.1) is 5.54 Å². The van der Waals surface area contributed by atoms with Crippen LogP contribution in [0.1, 0.15) is 18.4 Å². The van der Waals surface area contributed by atoms with Crippen LogP contribution in [0, 0.1) is 0 Å². The van der Waals surface area contributed by atoms with Crippen LogP contribution in [-0.2, 0) is 10.3 Å². The maximum atomic E-state index is 11.1. The lowest BCUT2D eigenvalue weighted by Crippen LogP contribution is -2.36. The predicted octanol–water partition coefficient (Wildman–Crippen LogP) is 1.44. The van der Waals surface area contributed by atoms with Crippen LogP contribution in [0.15, 0.2) is 24.3 Å². The van der Waals surface area contributed by atoms with Crippen molar-refractivity contribution in [3.8, 4) is 0 Å². The first kappa shape index (κ1) is 10.5. The molecule has 2 rings (SSSR count). The number of aliphatic hydroxyl groups excluding tert-OH is 1. The quantitative estimate of drug-likeness (QED) is 0.818. The topological polar surface area (TPSA) is 49.3 Å². The Hall–Kier alpha value is -1.06. The van der Waals surface area contributed by atoms with Crippen LogP contribution < -0.4 is 5.32 Å². The van der Waals surface area contributed by atoms with Crippen LogP contribution in [0.4, 0.5) is 0 Å². The molecule has 1 aliphatic carbocycles. The van der Waals surface area contributed by atoms with Gasteiger partial charge in [-0.15, -0.1) is 0 Å². The molecule has 1 aliphatic rings. The summed E-state index contributed by atoms with van der Waals surface area (Å²) in [4.78, 5) is 11.1. The van der Waals surface area contributed by atoms with E-state index in [1.165, 1.54) is 0 Å². The molecular weight excluding hydrogens is 214 g/mol. The van der Waals surface area contributed by atoms with E-state index in [-0.39, 0.29) is 11.4 Å². The Morgan fingerprint density at radius 2 is 2.27 bits per heavy atom. The smallest absolute Gasteiger partial charge is 0.246 e. The van der Waals surface area contributed by atoms with E-state index in [1.54, 1.807) is 6.07 Å². The summed E-state index contributed by atoms with van der Waals surface area (Å²) in [6.07, 6.45) is 1.80. The first-order chi connectivity index (χ1) is 7.16. The van der Waals surface area contributed by atoms with E-state index in [0.29, 0.717) is 5.02 Å². The van der Waals surface area contributed by atoms with Crippen LogP contribution in [0.5, 0.6) is 0 Å². The average Bonchev–Trinajstić information content (AvgIpc) is 2.99. The van der Waals surface area contributed by atoms with E-state index in [2.05, 4.69) is 5.32 Å². The number of carbonyl (C=O) groups is 1. The number of hydrogen-bond acceptors (Lipinski definition) is 2. The third-order valence-corrected chi connectivity index (χ3v) is 2.88. The Bertz CT molecular complexity index is 388.